The van der Waals surface area contributed by atoms with Crippen molar-refractivity contribution in [3.63, 3.8) is 0 Å². The Labute approximate surface area is 164 Å². The van der Waals surface area contributed by atoms with Crippen LogP contribution >= 0.6 is 0 Å². The van der Waals surface area contributed by atoms with E-state index in [1.165, 1.54) is 14.2 Å². The van der Waals surface area contributed by atoms with Crippen LogP contribution in [-0.2, 0) is 28.6 Å². The molecule has 1 aromatic rings. The van der Waals surface area contributed by atoms with Crippen molar-refractivity contribution in [2.24, 2.45) is 0 Å². The molecule has 0 saturated heterocycles. The molecule has 8 nitrogen and oxygen atoms in total. The second-order valence-corrected chi connectivity index (χ2v) is 6.37. The molecule has 0 saturated carbocycles. The molecule has 0 aromatic heterocycles. The SMILES string of the molecule is CCCCC(=O)Nc1ccc(N2COCC(C(=O)OC)=C2C(=O)OC)cc1C. The number of hydrogen-bond donors (Lipinski definition) is 1. The maximum Gasteiger partial charge on any atom is 0.355 e. The summed E-state index contributed by atoms with van der Waals surface area (Å²) in [5.74, 6) is -1.35. The van der Waals surface area contributed by atoms with Crippen molar-refractivity contribution in [3.05, 3.63) is 35.0 Å². The summed E-state index contributed by atoms with van der Waals surface area (Å²) in [6.07, 6.45) is 2.25. The molecule has 1 amide bonds. The van der Waals surface area contributed by atoms with Crippen LogP contribution in [0.5, 0.6) is 0 Å². The molecule has 1 aromatic carbocycles. The van der Waals surface area contributed by atoms with Crippen molar-refractivity contribution in [2.75, 3.05) is 37.8 Å². The zero-order valence-corrected chi connectivity index (χ0v) is 16.7. The average molecular weight is 390 g/mol. The third-order valence-corrected chi connectivity index (χ3v) is 4.39. The van der Waals surface area contributed by atoms with Gasteiger partial charge in [0.1, 0.15) is 12.4 Å². The maximum atomic E-state index is 12.3. The first-order chi connectivity index (χ1) is 13.4. The van der Waals surface area contributed by atoms with Crippen LogP contribution in [0.15, 0.2) is 29.5 Å². The van der Waals surface area contributed by atoms with Gasteiger partial charge in [-0.1, -0.05) is 13.3 Å². The summed E-state index contributed by atoms with van der Waals surface area (Å²) in [6, 6.07) is 5.31. The fraction of sp³-hybridized carbons (Fsp3) is 0.450. The summed E-state index contributed by atoms with van der Waals surface area (Å²) in [5, 5.41) is 2.89. The number of amides is 1. The molecular formula is C20H26N2O6. The number of nitrogens with one attached hydrogen (secondary N) is 1. The summed E-state index contributed by atoms with van der Waals surface area (Å²) in [4.78, 5) is 37.9. The van der Waals surface area contributed by atoms with Gasteiger partial charge < -0.3 is 24.4 Å². The lowest BCUT2D eigenvalue weighted by Crippen LogP contribution is -2.38. The third-order valence-electron chi connectivity index (χ3n) is 4.39. The number of anilines is 2. The Morgan fingerprint density at radius 1 is 1.18 bits per heavy atom. The van der Waals surface area contributed by atoms with Crippen LogP contribution < -0.4 is 10.2 Å². The predicted molar refractivity (Wildman–Crippen MR) is 104 cm³/mol. The number of esters is 2. The lowest BCUT2D eigenvalue weighted by atomic mass is 10.1. The van der Waals surface area contributed by atoms with Crippen molar-refractivity contribution in [1.29, 1.82) is 0 Å². The van der Waals surface area contributed by atoms with Crippen LogP contribution in [0.2, 0.25) is 0 Å². The van der Waals surface area contributed by atoms with Crippen molar-refractivity contribution in [3.8, 4) is 0 Å². The number of aryl methyl sites for hydroxylation is 1. The first-order valence-corrected chi connectivity index (χ1v) is 9.08. The quantitative estimate of drug-likeness (QED) is 0.715. The van der Waals surface area contributed by atoms with Gasteiger partial charge in [0, 0.05) is 17.8 Å². The largest absolute Gasteiger partial charge is 0.466 e. The number of benzene rings is 1. The maximum absolute atomic E-state index is 12.3. The van der Waals surface area contributed by atoms with Crippen molar-refractivity contribution >= 4 is 29.2 Å². The highest BCUT2D eigenvalue weighted by Crippen LogP contribution is 2.29. The lowest BCUT2D eigenvalue weighted by molar-refractivity contribution is -0.140. The smallest absolute Gasteiger partial charge is 0.355 e. The van der Waals surface area contributed by atoms with E-state index in [4.69, 9.17) is 14.2 Å². The zero-order valence-electron chi connectivity index (χ0n) is 16.7. The standard InChI is InChI=1S/C20H26N2O6/c1-5-6-7-17(23)21-16-9-8-14(10-13(16)2)22-12-28-11-15(19(24)26-3)18(22)20(25)27-4/h8-10H,5-7,11-12H2,1-4H3,(H,21,23). The lowest BCUT2D eigenvalue weighted by Gasteiger charge is -2.31. The Morgan fingerprint density at radius 2 is 1.89 bits per heavy atom. The molecule has 8 heteroatoms. The molecule has 1 heterocycles. The second-order valence-electron chi connectivity index (χ2n) is 6.37. The molecule has 0 aliphatic carbocycles. The Kier molecular flexibility index (Phi) is 7.57. The molecular weight excluding hydrogens is 364 g/mol. The molecule has 0 bridgehead atoms. The number of unbranched alkanes of at least 4 members (excludes halogenated alkanes) is 1. The van der Waals surface area contributed by atoms with Crippen molar-refractivity contribution < 1.29 is 28.6 Å². The second kappa shape index (κ2) is 9.89. The van der Waals surface area contributed by atoms with E-state index in [2.05, 4.69) is 5.32 Å². The number of carbonyl (C=O) groups is 3. The minimum atomic E-state index is -0.654. The fourth-order valence-corrected chi connectivity index (χ4v) is 2.85. The minimum Gasteiger partial charge on any atom is -0.466 e. The van der Waals surface area contributed by atoms with E-state index in [1.807, 2.05) is 19.9 Å². The molecule has 152 valence electrons. The number of rotatable bonds is 7. The first kappa shape index (κ1) is 21.4. The molecule has 0 unspecified atom stereocenters. The van der Waals surface area contributed by atoms with E-state index >= 15 is 0 Å². The van der Waals surface area contributed by atoms with Crippen LogP contribution in [0, 0.1) is 6.92 Å². The van der Waals surface area contributed by atoms with Gasteiger partial charge in [0.25, 0.3) is 0 Å². The summed E-state index contributed by atoms with van der Waals surface area (Å²) in [6.45, 7) is 3.92. The normalized spacial score (nSPS) is 13.9. The van der Waals surface area contributed by atoms with Gasteiger partial charge in [-0.3, -0.25) is 4.79 Å². The van der Waals surface area contributed by atoms with Gasteiger partial charge >= 0.3 is 11.9 Å². The van der Waals surface area contributed by atoms with Crippen LogP contribution in [0.1, 0.15) is 31.7 Å². The van der Waals surface area contributed by atoms with E-state index in [-0.39, 0.29) is 30.5 Å². The molecule has 0 spiro atoms. The monoisotopic (exact) mass is 390 g/mol. The van der Waals surface area contributed by atoms with Crippen molar-refractivity contribution in [1.82, 2.24) is 0 Å². The highest BCUT2D eigenvalue weighted by Gasteiger charge is 2.32. The Morgan fingerprint density at radius 3 is 2.50 bits per heavy atom. The zero-order chi connectivity index (χ0) is 20.7. The molecule has 0 radical (unpaired) electrons. The fourth-order valence-electron chi connectivity index (χ4n) is 2.85. The van der Waals surface area contributed by atoms with Gasteiger partial charge in [-0.05, 0) is 37.1 Å². The highest BCUT2D eigenvalue weighted by atomic mass is 16.5. The van der Waals surface area contributed by atoms with Crippen LogP contribution in [0.25, 0.3) is 0 Å². The number of methoxy groups -OCH3 is 2. The molecule has 1 aliphatic heterocycles. The van der Waals surface area contributed by atoms with Crippen LogP contribution in [0.3, 0.4) is 0 Å². The van der Waals surface area contributed by atoms with E-state index in [0.717, 1.165) is 18.4 Å². The van der Waals surface area contributed by atoms with E-state index in [1.54, 1.807) is 17.0 Å². The number of hydrogen-bond acceptors (Lipinski definition) is 7. The van der Waals surface area contributed by atoms with Crippen LogP contribution in [-0.4, -0.2) is 45.4 Å². The molecule has 28 heavy (non-hydrogen) atoms. The minimum absolute atomic E-state index is 0.0397. The molecule has 0 atom stereocenters. The van der Waals surface area contributed by atoms with Gasteiger partial charge in [-0.15, -0.1) is 0 Å². The van der Waals surface area contributed by atoms with E-state index in [9.17, 15) is 14.4 Å². The molecule has 2 rings (SSSR count). The van der Waals surface area contributed by atoms with Gasteiger partial charge in [-0.2, -0.15) is 0 Å². The predicted octanol–water partition coefficient (Wildman–Crippen LogP) is 2.52. The molecule has 1 N–H and O–H groups in total. The number of carbonyl (C=O) groups excluding carboxylic acids is 3. The van der Waals surface area contributed by atoms with Gasteiger partial charge in [0.15, 0.2) is 0 Å². The Bertz CT molecular complexity index is 787. The Balaban J connectivity index is 2.34. The Hall–Kier alpha value is -2.87. The summed E-state index contributed by atoms with van der Waals surface area (Å²) >= 11 is 0. The third kappa shape index (κ3) is 4.89. The molecule has 1 aliphatic rings. The highest BCUT2D eigenvalue weighted by molar-refractivity contribution is 6.03. The van der Waals surface area contributed by atoms with Gasteiger partial charge in [0.05, 0.1) is 26.4 Å². The van der Waals surface area contributed by atoms with E-state index in [0.29, 0.717) is 17.8 Å². The average Bonchev–Trinajstić information content (AvgIpc) is 2.71. The van der Waals surface area contributed by atoms with E-state index < -0.39 is 11.9 Å². The summed E-state index contributed by atoms with van der Waals surface area (Å²) < 4.78 is 15.1. The van der Waals surface area contributed by atoms with Gasteiger partial charge in [0.2, 0.25) is 5.91 Å². The van der Waals surface area contributed by atoms with Gasteiger partial charge in [-0.25, -0.2) is 9.59 Å². The summed E-state index contributed by atoms with van der Waals surface area (Å²) in [5.41, 5.74) is 2.32. The number of nitrogens with zero attached hydrogens (tertiary/aromatic N) is 1. The topological polar surface area (TPSA) is 94.2 Å². The van der Waals surface area contributed by atoms with Crippen molar-refractivity contribution in [2.45, 2.75) is 33.1 Å². The number of ether oxygens (including phenoxy) is 3. The summed E-state index contributed by atoms with van der Waals surface area (Å²) in [7, 11) is 2.49. The van der Waals surface area contributed by atoms with Crippen LogP contribution in [0.4, 0.5) is 11.4 Å². The molecule has 0 fully saturated rings. The first-order valence-electron chi connectivity index (χ1n) is 9.08.